The number of amides is 1. The average Bonchev–Trinajstić information content (AvgIpc) is 2.30. The van der Waals surface area contributed by atoms with Crippen molar-refractivity contribution >= 4 is 5.91 Å². The second kappa shape index (κ2) is 5.36. The number of rotatable bonds is 4. The van der Waals surface area contributed by atoms with Crippen molar-refractivity contribution in [1.29, 1.82) is 0 Å². The molecule has 100 valence electrons. The average molecular weight is 242 g/mol. The first-order valence-electron chi connectivity index (χ1n) is 6.49. The summed E-state index contributed by atoms with van der Waals surface area (Å²) in [6, 6.07) is 0. The lowest BCUT2D eigenvalue weighted by molar-refractivity contribution is -0.128. The zero-order valence-corrected chi connectivity index (χ0v) is 11.5. The Labute approximate surface area is 104 Å². The van der Waals surface area contributed by atoms with Crippen molar-refractivity contribution in [3.05, 3.63) is 0 Å². The predicted molar refractivity (Wildman–Crippen MR) is 68.7 cm³/mol. The highest BCUT2D eigenvalue weighted by Gasteiger charge is 2.34. The van der Waals surface area contributed by atoms with Gasteiger partial charge in [0.15, 0.2) is 0 Å². The molecular formula is C13H26N2O2. The third-order valence-electron chi connectivity index (χ3n) is 3.98. The molecule has 0 aromatic carbocycles. The van der Waals surface area contributed by atoms with Gasteiger partial charge >= 0.3 is 0 Å². The Kier molecular flexibility index (Phi) is 4.55. The Balaban J connectivity index is 2.42. The van der Waals surface area contributed by atoms with E-state index in [1.807, 2.05) is 13.8 Å². The normalized spacial score (nSPS) is 30.1. The molecule has 0 heterocycles. The number of aliphatic hydroxyl groups is 1. The summed E-state index contributed by atoms with van der Waals surface area (Å²) >= 11 is 0. The van der Waals surface area contributed by atoms with Gasteiger partial charge in [-0.2, -0.15) is 0 Å². The zero-order chi connectivity index (χ0) is 13.1. The largest absolute Gasteiger partial charge is 0.388 e. The molecule has 1 rings (SSSR count). The lowest BCUT2D eigenvalue weighted by Crippen LogP contribution is -2.55. The number of nitrogens with one attached hydrogen (secondary N) is 2. The van der Waals surface area contributed by atoms with Crippen LogP contribution in [0.15, 0.2) is 0 Å². The lowest BCUT2D eigenvalue weighted by Gasteiger charge is -2.36. The number of carbonyl (C=O) groups is 1. The first kappa shape index (κ1) is 14.5. The van der Waals surface area contributed by atoms with Gasteiger partial charge in [-0.15, -0.1) is 0 Å². The number of hydrogen-bond donors (Lipinski definition) is 3. The van der Waals surface area contributed by atoms with E-state index in [4.69, 9.17) is 0 Å². The standard InChI is InChI=1S/C13H26N2O2/c1-10-5-7-13(17,8-6-10)9-15-11(16)12(2,3)14-4/h10,14,17H,5-9H2,1-4H3,(H,15,16). The van der Waals surface area contributed by atoms with E-state index in [0.29, 0.717) is 12.5 Å². The molecule has 0 unspecified atom stereocenters. The molecule has 1 aliphatic rings. The third-order valence-corrected chi connectivity index (χ3v) is 3.98. The lowest BCUT2D eigenvalue weighted by atomic mass is 9.79. The maximum Gasteiger partial charge on any atom is 0.239 e. The van der Waals surface area contributed by atoms with Crippen LogP contribution < -0.4 is 10.6 Å². The minimum absolute atomic E-state index is 0.0629. The molecular weight excluding hydrogens is 216 g/mol. The van der Waals surface area contributed by atoms with Crippen molar-refractivity contribution in [2.24, 2.45) is 5.92 Å². The molecule has 0 radical (unpaired) electrons. The van der Waals surface area contributed by atoms with Crippen LogP contribution in [0.5, 0.6) is 0 Å². The van der Waals surface area contributed by atoms with Gasteiger partial charge in [0.1, 0.15) is 0 Å². The van der Waals surface area contributed by atoms with E-state index in [9.17, 15) is 9.90 Å². The van der Waals surface area contributed by atoms with E-state index in [0.717, 1.165) is 25.7 Å². The first-order chi connectivity index (χ1) is 7.79. The number of carbonyl (C=O) groups excluding carboxylic acids is 1. The molecule has 0 spiro atoms. The van der Waals surface area contributed by atoms with Crippen LogP contribution in [-0.4, -0.2) is 35.7 Å². The fourth-order valence-corrected chi connectivity index (χ4v) is 2.06. The zero-order valence-electron chi connectivity index (χ0n) is 11.5. The molecule has 0 bridgehead atoms. The fourth-order valence-electron chi connectivity index (χ4n) is 2.06. The van der Waals surface area contributed by atoms with Gasteiger partial charge in [-0.1, -0.05) is 6.92 Å². The predicted octanol–water partition coefficient (Wildman–Crippen LogP) is 1.04. The minimum atomic E-state index is -0.702. The van der Waals surface area contributed by atoms with Crippen molar-refractivity contribution in [3.8, 4) is 0 Å². The van der Waals surface area contributed by atoms with Gasteiger partial charge in [0.2, 0.25) is 5.91 Å². The Morgan fingerprint density at radius 2 is 1.94 bits per heavy atom. The summed E-state index contributed by atoms with van der Waals surface area (Å²) in [5, 5.41) is 16.1. The van der Waals surface area contributed by atoms with Gasteiger partial charge in [0.05, 0.1) is 11.1 Å². The van der Waals surface area contributed by atoms with Crippen LogP contribution in [0.2, 0.25) is 0 Å². The Morgan fingerprint density at radius 1 is 1.41 bits per heavy atom. The highest BCUT2D eigenvalue weighted by atomic mass is 16.3. The quantitative estimate of drug-likeness (QED) is 0.690. The fraction of sp³-hybridized carbons (Fsp3) is 0.923. The number of likely N-dealkylation sites (N-methyl/N-ethyl adjacent to an activating group) is 1. The highest BCUT2D eigenvalue weighted by molar-refractivity contribution is 5.85. The van der Waals surface area contributed by atoms with Crippen molar-refractivity contribution < 1.29 is 9.90 Å². The summed E-state index contributed by atoms with van der Waals surface area (Å²) in [4.78, 5) is 11.9. The van der Waals surface area contributed by atoms with E-state index >= 15 is 0 Å². The molecule has 1 fully saturated rings. The summed E-state index contributed by atoms with van der Waals surface area (Å²) in [6.07, 6.45) is 3.66. The molecule has 0 aromatic rings. The molecule has 0 saturated heterocycles. The summed E-state index contributed by atoms with van der Waals surface area (Å²) in [6.45, 7) is 6.23. The van der Waals surface area contributed by atoms with Gasteiger partial charge in [-0.3, -0.25) is 4.79 Å². The molecule has 1 amide bonds. The molecule has 3 N–H and O–H groups in total. The van der Waals surface area contributed by atoms with Gasteiger partial charge in [-0.25, -0.2) is 0 Å². The Bertz CT molecular complexity index is 269. The smallest absolute Gasteiger partial charge is 0.239 e. The van der Waals surface area contributed by atoms with Crippen LogP contribution in [0.25, 0.3) is 0 Å². The molecule has 17 heavy (non-hydrogen) atoms. The summed E-state index contributed by atoms with van der Waals surface area (Å²) < 4.78 is 0. The van der Waals surface area contributed by atoms with Crippen LogP contribution >= 0.6 is 0 Å². The van der Waals surface area contributed by atoms with Gasteiger partial charge in [0, 0.05) is 6.54 Å². The van der Waals surface area contributed by atoms with Crippen LogP contribution in [0.1, 0.15) is 46.5 Å². The van der Waals surface area contributed by atoms with Gasteiger partial charge in [-0.05, 0) is 52.5 Å². The molecule has 1 saturated carbocycles. The van der Waals surface area contributed by atoms with E-state index in [1.54, 1.807) is 7.05 Å². The topological polar surface area (TPSA) is 61.4 Å². The summed E-state index contributed by atoms with van der Waals surface area (Å²) in [5.74, 6) is 0.631. The first-order valence-corrected chi connectivity index (χ1v) is 6.49. The van der Waals surface area contributed by atoms with Crippen molar-refractivity contribution in [2.45, 2.75) is 57.6 Å². The molecule has 0 atom stereocenters. The highest BCUT2D eigenvalue weighted by Crippen LogP contribution is 2.31. The monoisotopic (exact) mass is 242 g/mol. The maximum absolute atomic E-state index is 11.9. The maximum atomic E-state index is 11.9. The molecule has 0 aromatic heterocycles. The van der Waals surface area contributed by atoms with Gasteiger partial charge in [0.25, 0.3) is 0 Å². The van der Waals surface area contributed by atoms with Crippen molar-refractivity contribution in [2.75, 3.05) is 13.6 Å². The van der Waals surface area contributed by atoms with Crippen LogP contribution in [0.4, 0.5) is 0 Å². The molecule has 4 nitrogen and oxygen atoms in total. The van der Waals surface area contributed by atoms with E-state index < -0.39 is 11.1 Å². The molecule has 0 aliphatic heterocycles. The van der Waals surface area contributed by atoms with Crippen LogP contribution in [0.3, 0.4) is 0 Å². The summed E-state index contributed by atoms with van der Waals surface area (Å²) in [5.41, 5.74) is -1.29. The van der Waals surface area contributed by atoms with Gasteiger partial charge < -0.3 is 15.7 Å². The minimum Gasteiger partial charge on any atom is -0.388 e. The second-order valence-corrected chi connectivity index (χ2v) is 5.96. The van der Waals surface area contributed by atoms with E-state index in [2.05, 4.69) is 17.6 Å². The Hall–Kier alpha value is -0.610. The van der Waals surface area contributed by atoms with E-state index in [1.165, 1.54) is 0 Å². The Morgan fingerprint density at radius 3 is 2.41 bits per heavy atom. The van der Waals surface area contributed by atoms with Crippen molar-refractivity contribution in [1.82, 2.24) is 10.6 Å². The van der Waals surface area contributed by atoms with Crippen LogP contribution in [-0.2, 0) is 4.79 Å². The third kappa shape index (κ3) is 3.96. The SMILES string of the molecule is CNC(C)(C)C(=O)NCC1(O)CCC(C)CC1. The second-order valence-electron chi connectivity index (χ2n) is 5.96. The summed E-state index contributed by atoms with van der Waals surface area (Å²) in [7, 11) is 1.76. The molecule has 1 aliphatic carbocycles. The van der Waals surface area contributed by atoms with E-state index in [-0.39, 0.29) is 5.91 Å². The van der Waals surface area contributed by atoms with Crippen molar-refractivity contribution in [3.63, 3.8) is 0 Å². The van der Waals surface area contributed by atoms with Crippen LogP contribution in [0, 0.1) is 5.92 Å². The molecule has 4 heteroatoms. The number of hydrogen-bond acceptors (Lipinski definition) is 3.